The van der Waals surface area contributed by atoms with Crippen LogP contribution in [0.2, 0.25) is 0 Å². The third kappa shape index (κ3) is 9.54. The third-order valence-corrected chi connectivity index (χ3v) is 10.4. The number of aliphatic hydroxyl groups excluding tert-OH is 1. The van der Waals surface area contributed by atoms with Gasteiger partial charge in [-0.2, -0.15) is 0 Å². The maximum Gasteiger partial charge on any atom is 0.261 e. The molecule has 14 heteroatoms. The molecule has 1 aliphatic heterocycles. The highest BCUT2D eigenvalue weighted by Crippen LogP contribution is 2.30. The lowest BCUT2D eigenvalue weighted by molar-refractivity contribution is -0.00828. The Balaban J connectivity index is 2.02. The van der Waals surface area contributed by atoms with Gasteiger partial charge >= 0.3 is 0 Å². The highest BCUT2D eigenvalue weighted by molar-refractivity contribution is 7.92. The van der Waals surface area contributed by atoms with E-state index in [2.05, 4.69) is 4.72 Å². The number of anilines is 1. The highest BCUT2D eigenvalue weighted by Gasteiger charge is 2.31. The Labute approximate surface area is 261 Å². The molecular weight excluding hydrogens is 610 g/mol. The fourth-order valence-electron chi connectivity index (χ4n) is 4.81. The van der Waals surface area contributed by atoms with E-state index >= 15 is 0 Å². The van der Waals surface area contributed by atoms with E-state index in [4.69, 9.17) is 14.2 Å². The lowest BCUT2D eigenvalue weighted by atomic mass is 10.0. The number of likely N-dealkylation sites (N-methyl/N-ethyl adjacent to an activating group) is 1. The number of hydrogen-bond donors (Lipinski definition) is 2. The maximum atomic E-state index is 14.2. The van der Waals surface area contributed by atoms with E-state index in [1.807, 2.05) is 13.8 Å². The molecule has 0 aliphatic carbocycles. The van der Waals surface area contributed by atoms with Gasteiger partial charge in [-0.25, -0.2) is 21.1 Å². The summed E-state index contributed by atoms with van der Waals surface area (Å²) in [4.78, 5) is 15.7. The summed E-state index contributed by atoms with van der Waals surface area (Å²) in [7, 11) is -4.49. The molecule has 0 aromatic heterocycles. The molecule has 0 spiro atoms. The third-order valence-electron chi connectivity index (χ3n) is 7.68. The first-order chi connectivity index (χ1) is 20.7. The van der Waals surface area contributed by atoms with Crippen LogP contribution in [0.1, 0.15) is 50.4 Å². The number of ether oxygens (including phenoxy) is 3. The van der Waals surface area contributed by atoms with Gasteiger partial charge in [0.2, 0.25) is 10.0 Å². The normalized spacial score (nSPS) is 21.6. The second-order valence-corrected chi connectivity index (χ2v) is 15.1. The molecule has 2 N–H and O–H groups in total. The second-order valence-electron chi connectivity index (χ2n) is 11.3. The van der Waals surface area contributed by atoms with Gasteiger partial charge in [-0.3, -0.25) is 9.52 Å². The highest BCUT2D eigenvalue weighted by atomic mass is 32.2. The van der Waals surface area contributed by atoms with Gasteiger partial charge < -0.3 is 24.2 Å². The molecule has 12 nitrogen and oxygen atoms in total. The van der Waals surface area contributed by atoms with Crippen LogP contribution < -0.4 is 14.2 Å². The fraction of sp³-hybridized carbons (Fsp3) is 0.567. The molecule has 0 saturated carbocycles. The Hall–Kier alpha value is -2.91. The number of benzene rings is 2. The average molecular weight is 656 g/mol. The Morgan fingerprint density at radius 2 is 1.80 bits per heavy atom. The summed E-state index contributed by atoms with van der Waals surface area (Å²) < 4.78 is 71.9. The van der Waals surface area contributed by atoms with E-state index in [1.54, 1.807) is 13.0 Å². The number of amides is 1. The summed E-state index contributed by atoms with van der Waals surface area (Å²) in [5.74, 6) is 0.00733. The Kier molecular flexibility index (Phi) is 12.4. The zero-order valence-corrected chi connectivity index (χ0v) is 27.9. The smallest absolute Gasteiger partial charge is 0.261 e. The minimum atomic E-state index is -4.00. The molecule has 1 amide bonds. The van der Waals surface area contributed by atoms with E-state index in [0.29, 0.717) is 24.5 Å². The Bertz CT molecular complexity index is 1470. The number of fused-ring (bicyclic) bond motifs is 1. The van der Waals surface area contributed by atoms with Crippen LogP contribution in [-0.2, 0) is 24.8 Å². The number of rotatable bonds is 9. The fourth-order valence-corrected chi connectivity index (χ4v) is 6.27. The van der Waals surface area contributed by atoms with Crippen molar-refractivity contribution in [3.63, 3.8) is 0 Å². The number of hydrogen-bond acceptors (Lipinski definition) is 9. The summed E-state index contributed by atoms with van der Waals surface area (Å²) in [6, 6.07) is 9.84. The first-order valence-electron chi connectivity index (χ1n) is 14.6. The predicted octanol–water partition coefficient (Wildman–Crippen LogP) is 3.18. The number of methoxy groups -OCH3 is 1. The van der Waals surface area contributed by atoms with Crippen LogP contribution in [0, 0.1) is 5.92 Å². The molecule has 246 valence electrons. The van der Waals surface area contributed by atoms with Crippen molar-refractivity contribution in [2.24, 2.45) is 5.92 Å². The molecular formula is C30H45N3O9S2. The van der Waals surface area contributed by atoms with Gasteiger partial charge in [0, 0.05) is 38.3 Å². The number of sulfonamides is 2. The van der Waals surface area contributed by atoms with Gasteiger partial charge in [0.25, 0.3) is 15.9 Å². The molecule has 0 saturated heterocycles. The Morgan fingerprint density at radius 3 is 2.41 bits per heavy atom. The topological polar surface area (TPSA) is 152 Å². The van der Waals surface area contributed by atoms with Crippen molar-refractivity contribution in [2.75, 3.05) is 51.4 Å². The summed E-state index contributed by atoms with van der Waals surface area (Å²) >= 11 is 0. The van der Waals surface area contributed by atoms with Crippen molar-refractivity contribution in [3.05, 3.63) is 48.0 Å². The number of nitrogens with one attached hydrogen (secondary N) is 1. The monoisotopic (exact) mass is 655 g/mol. The SMILES string of the molecule is COc1ccc(S(=O)(=O)Nc2ccc3c(c2)C(=O)N([C@@H](C)CO)C[C@H](C)[C@H](CN(C)S(C)(=O)=O)OCCCC[C@@H](C)O3)cc1. The van der Waals surface area contributed by atoms with Gasteiger partial charge in [-0.15, -0.1) is 0 Å². The van der Waals surface area contributed by atoms with Crippen LogP contribution in [0.4, 0.5) is 5.69 Å². The van der Waals surface area contributed by atoms with Crippen molar-refractivity contribution in [1.29, 1.82) is 0 Å². The molecule has 2 aromatic carbocycles. The molecule has 0 unspecified atom stereocenters. The van der Waals surface area contributed by atoms with Crippen LogP contribution in [-0.4, -0.2) is 102 Å². The molecule has 0 fully saturated rings. The number of carbonyl (C=O) groups excluding carboxylic acids is 1. The second kappa shape index (κ2) is 15.4. The molecule has 0 bridgehead atoms. The van der Waals surface area contributed by atoms with Crippen molar-refractivity contribution < 1.29 is 40.9 Å². The Morgan fingerprint density at radius 1 is 1.11 bits per heavy atom. The van der Waals surface area contributed by atoms with Crippen molar-refractivity contribution in [2.45, 2.75) is 63.2 Å². The first kappa shape index (κ1) is 35.6. The van der Waals surface area contributed by atoms with Crippen LogP contribution in [0.25, 0.3) is 0 Å². The molecule has 1 aliphatic rings. The lowest BCUT2D eigenvalue weighted by Crippen LogP contribution is -2.47. The predicted molar refractivity (Wildman–Crippen MR) is 168 cm³/mol. The van der Waals surface area contributed by atoms with Crippen molar-refractivity contribution >= 4 is 31.6 Å². The van der Waals surface area contributed by atoms with Crippen LogP contribution >= 0.6 is 0 Å². The zero-order valence-electron chi connectivity index (χ0n) is 26.2. The van der Waals surface area contributed by atoms with Gasteiger partial charge in [0.15, 0.2) is 0 Å². The van der Waals surface area contributed by atoms with E-state index in [0.717, 1.165) is 19.1 Å². The minimum Gasteiger partial charge on any atom is -0.497 e. The van der Waals surface area contributed by atoms with Gasteiger partial charge in [0.1, 0.15) is 11.5 Å². The average Bonchev–Trinajstić information content (AvgIpc) is 2.97. The van der Waals surface area contributed by atoms with Gasteiger partial charge in [0.05, 0.1) is 48.7 Å². The van der Waals surface area contributed by atoms with Crippen molar-refractivity contribution in [1.82, 2.24) is 9.21 Å². The largest absolute Gasteiger partial charge is 0.497 e. The summed E-state index contributed by atoms with van der Waals surface area (Å²) in [6.07, 6.45) is 2.53. The zero-order chi connectivity index (χ0) is 32.7. The molecule has 44 heavy (non-hydrogen) atoms. The molecule has 1 heterocycles. The van der Waals surface area contributed by atoms with Crippen LogP contribution in [0.5, 0.6) is 11.5 Å². The molecule has 4 atom stereocenters. The van der Waals surface area contributed by atoms with E-state index in [9.17, 15) is 26.7 Å². The lowest BCUT2D eigenvalue weighted by Gasteiger charge is -2.35. The standard InChI is InChI=1S/C30H45N3O9S2/c1-21-18-33(22(2)20-34)30(35)27-17-24(31-44(38,39)26-13-11-25(40-5)12-14-26)10-15-28(27)42-23(3)9-7-8-16-41-29(21)19-32(4)43(6,36)37/h10-15,17,21-23,29,31,34H,7-9,16,18-20H2,1-6H3/t21-,22-,23+,29-/m0/s1. The van der Waals surface area contributed by atoms with Crippen LogP contribution in [0.15, 0.2) is 47.4 Å². The molecule has 0 radical (unpaired) electrons. The van der Waals surface area contributed by atoms with E-state index in [1.165, 1.54) is 59.8 Å². The maximum absolute atomic E-state index is 14.2. The number of carbonyl (C=O) groups is 1. The first-order valence-corrected chi connectivity index (χ1v) is 17.9. The van der Waals surface area contributed by atoms with Crippen LogP contribution in [0.3, 0.4) is 0 Å². The summed E-state index contributed by atoms with van der Waals surface area (Å²) in [5, 5.41) is 10.1. The number of aliphatic hydroxyl groups is 1. The van der Waals surface area contributed by atoms with Crippen molar-refractivity contribution in [3.8, 4) is 11.5 Å². The minimum absolute atomic E-state index is 0.0176. The summed E-state index contributed by atoms with van der Waals surface area (Å²) in [5.41, 5.74) is 0.285. The van der Waals surface area contributed by atoms with E-state index < -0.39 is 38.1 Å². The molecule has 2 aromatic rings. The molecule has 3 rings (SSSR count). The number of nitrogens with zero attached hydrogens (tertiary/aromatic N) is 2. The van der Waals surface area contributed by atoms with Gasteiger partial charge in [-0.1, -0.05) is 6.92 Å². The quantitative estimate of drug-likeness (QED) is 0.415. The summed E-state index contributed by atoms with van der Waals surface area (Å²) in [6.45, 7) is 5.78. The van der Waals surface area contributed by atoms with E-state index in [-0.39, 0.29) is 47.9 Å². The van der Waals surface area contributed by atoms with Gasteiger partial charge in [-0.05, 0) is 75.6 Å².